The van der Waals surface area contributed by atoms with E-state index < -0.39 is 11.8 Å². The van der Waals surface area contributed by atoms with Crippen molar-refractivity contribution in [2.45, 2.75) is 13.8 Å². The van der Waals surface area contributed by atoms with Crippen LogP contribution in [0.25, 0.3) is 44.1 Å². The number of amides is 2. The van der Waals surface area contributed by atoms with Gasteiger partial charge in [-0.15, -0.1) is 0 Å². The molecule has 2 amide bonds. The monoisotopic (exact) mass is 546 g/mol. The maximum atomic E-state index is 13.6. The fraction of sp³-hybridized carbons (Fsp3) is 0.0625. The summed E-state index contributed by atoms with van der Waals surface area (Å²) < 4.78 is 13.6. The predicted octanol–water partition coefficient (Wildman–Crippen LogP) is 7.29. The third-order valence-corrected chi connectivity index (χ3v) is 7.68. The van der Waals surface area contributed by atoms with Crippen LogP contribution in [0.3, 0.4) is 0 Å². The van der Waals surface area contributed by atoms with Crippen LogP contribution >= 0.6 is 11.3 Å². The van der Waals surface area contributed by atoms with Gasteiger partial charge in [-0.25, -0.2) is 14.4 Å². The summed E-state index contributed by atoms with van der Waals surface area (Å²) in [7, 11) is 0. The number of nitrogens with zero attached hydrogens (tertiary/aromatic N) is 2. The lowest BCUT2D eigenvalue weighted by molar-refractivity contribution is 0.0993. The van der Waals surface area contributed by atoms with Crippen LogP contribution in [-0.4, -0.2) is 21.8 Å². The molecule has 0 saturated carbocycles. The van der Waals surface area contributed by atoms with Gasteiger partial charge in [0.15, 0.2) is 0 Å². The molecule has 3 aromatic carbocycles. The van der Waals surface area contributed by atoms with Crippen LogP contribution in [0, 0.1) is 19.7 Å². The fourth-order valence-corrected chi connectivity index (χ4v) is 5.66. The van der Waals surface area contributed by atoms with E-state index in [4.69, 9.17) is 5.73 Å². The van der Waals surface area contributed by atoms with E-state index >= 15 is 0 Å². The quantitative estimate of drug-likeness (QED) is 0.237. The van der Waals surface area contributed by atoms with E-state index in [0.717, 1.165) is 44.2 Å². The van der Waals surface area contributed by atoms with Crippen molar-refractivity contribution in [1.82, 2.24) is 9.97 Å². The lowest BCUT2D eigenvalue weighted by atomic mass is 9.98. The zero-order chi connectivity index (χ0) is 28.0. The van der Waals surface area contributed by atoms with E-state index in [1.54, 1.807) is 47.7 Å². The van der Waals surface area contributed by atoms with Crippen LogP contribution in [-0.2, 0) is 0 Å². The number of carbonyl (C=O) groups excluding carboxylic acids is 2. The van der Waals surface area contributed by atoms with Gasteiger partial charge in [-0.1, -0.05) is 30.3 Å². The number of hydrogen-bond acceptors (Lipinski definition) is 5. The first-order valence-corrected chi connectivity index (χ1v) is 13.5. The summed E-state index contributed by atoms with van der Waals surface area (Å²) >= 11 is 1.58. The smallest absolute Gasteiger partial charge is 0.274 e. The summed E-state index contributed by atoms with van der Waals surface area (Å²) in [5.41, 5.74) is 13.1. The van der Waals surface area contributed by atoms with Gasteiger partial charge in [0.2, 0.25) is 0 Å². The van der Waals surface area contributed by atoms with Gasteiger partial charge < -0.3 is 11.1 Å². The largest absolute Gasteiger partial charge is 0.364 e. The van der Waals surface area contributed by atoms with Crippen LogP contribution in [0.5, 0.6) is 0 Å². The first-order valence-electron chi connectivity index (χ1n) is 12.5. The molecule has 0 radical (unpaired) electrons. The topological polar surface area (TPSA) is 98.0 Å². The Kier molecular flexibility index (Phi) is 6.32. The number of halogens is 1. The molecule has 6 aromatic rings. The number of nitrogens with two attached hydrogens (primary N) is 1. The minimum absolute atomic E-state index is 0.145. The number of aromatic nitrogens is 2. The molecule has 0 spiro atoms. The third kappa shape index (κ3) is 4.69. The molecule has 3 heterocycles. The molecule has 6 rings (SSSR count). The normalized spacial score (nSPS) is 11.2. The molecule has 0 fully saturated rings. The molecule has 0 aliphatic heterocycles. The second-order valence-electron chi connectivity index (χ2n) is 9.66. The molecule has 0 unspecified atom stereocenters. The van der Waals surface area contributed by atoms with E-state index in [0.29, 0.717) is 16.7 Å². The molecule has 196 valence electrons. The van der Waals surface area contributed by atoms with Gasteiger partial charge in [0.05, 0.1) is 11.0 Å². The average Bonchev–Trinajstić information content (AvgIpc) is 3.37. The third-order valence-electron chi connectivity index (χ3n) is 6.82. The fourth-order valence-electron chi connectivity index (χ4n) is 4.81. The average molecular weight is 547 g/mol. The van der Waals surface area contributed by atoms with Crippen molar-refractivity contribution in [3.63, 3.8) is 0 Å². The van der Waals surface area contributed by atoms with E-state index in [9.17, 15) is 14.0 Å². The molecule has 0 aliphatic carbocycles. The maximum absolute atomic E-state index is 13.6. The number of anilines is 1. The Morgan fingerprint density at radius 1 is 0.775 bits per heavy atom. The van der Waals surface area contributed by atoms with Crippen molar-refractivity contribution in [2.24, 2.45) is 5.73 Å². The molecule has 8 heteroatoms. The minimum Gasteiger partial charge on any atom is -0.364 e. The second-order valence-corrected chi connectivity index (χ2v) is 10.4. The van der Waals surface area contributed by atoms with Gasteiger partial charge in [0.1, 0.15) is 17.2 Å². The Hall–Kier alpha value is -4.95. The van der Waals surface area contributed by atoms with E-state index in [1.165, 1.54) is 12.1 Å². The van der Waals surface area contributed by atoms with Crippen LogP contribution in [0.4, 0.5) is 10.1 Å². The molecule has 0 atom stereocenters. The summed E-state index contributed by atoms with van der Waals surface area (Å²) in [4.78, 5) is 34.6. The zero-order valence-corrected chi connectivity index (χ0v) is 22.5. The van der Waals surface area contributed by atoms with Crippen molar-refractivity contribution in [3.8, 4) is 22.3 Å². The highest BCUT2D eigenvalue weighted by atomic mass is 32.1. The lowest BCUT2D eigenvalue weighted by Gasteiger charge is -2.13. The van der Waals surface area contributed by atoms with Crippen molar-refractivity contribution in [3.05, 3.63) is 112 Å². The molecule has 3 N–H and O–H groups in total. The summed E-state index contributed by atoms with van der Waals surface area (Å²) in [6, 6.07) is 20.8. The second kappa shape index (κ2) is 9.98. The Morgan fingerprint density at radius 2 is 1.45 bits per heavy atom. The van der Waals surface area contributed by atoms with Gasteiger partial charge in [-0.2, -0.15) is 11.3 Å². The van der Waals surface area contributed by atoms with Crippen LogP contribution in [0.2, 0.25) is 0 Å². The molecule has 0 aliphatic rings. The van der Waals surface area contributed by atoms with Crippen LogP contribution in [0.15, 0.2) is 83.6 Å². The summed E-state index contributed by atoms with van der Waals surface area (Å²) in [6.07, 6.45) is 0. The number of benzene rings is 3. The van der Waals surface area contributed by atoms with Crippen molar-refractivity contribution in [2.75, 3.05) is 5.32 Å². The van der Waals surface area contributed by atoms with Crippen LogP contribution < -0.4 is 11.1 Å². The number of thiophene rings is 1. The van der Waals surface area contributed by atoms with Crippen molar-refractivity contribution in [1.29, 1.82) is 0 Å². The number of fused-ring (bicyclic) bond motifs is 2. The highest BCUT2D eigenvalue weighted by Gasteiger charge is 2.17. The molecule has 6 nitrogen and oxygen atoms in total. The molecular weight excluding hydrogens is 523 g/mol. The number of primary amides is 1. The molecular formula is C32H23FN4O2S. The Bertz CT molecular complexity index is 1960. The zero-order valence-electron chi connectivity index (χ0n) is 21.7. The number of rotatable bonds is 5. The summed E-state index contributed by atoms with van der Waals surface area (Å²) in [5, 5.41) is 8.68. The van der Waals surface area contributed by atoms with Gasteiger partial charge in [-0.05, 0) is 100 Å². The molecule has 3 aromatic heterocycles. The molecule has 0 saturated heterocycles. The lowest BCUT2D eigenvalue weighted by Crippen LogP contribution is -2.15. The maximum Gasteiger partial charge on any atom is 0.274 e. The van der Waals surface area contributed by atoms with Gasteiger partial charge in [0.25, 0.3) is 11.8 Å². The Labute approximate surface area is 233 Å². The van der Waals surface area contributed by atoms with Crippen molar-refractivity contribution < 1.29 is 14.0 Å². The number of pyridine rings is 2. The minimum atomic E-state index is -0.630. The summed E-state index contributed by atoms with van der Waals surface area (Å²) in [5.74, 6) is -1.38. The number of aryl methyl sites for hydroxylation is 2. The Morgan fingerprint density at radius 3 is 2.17 bits per heavy atom. The van der Waals surface area contributed by atoms with E-state index in [1.807, 2.05) is 48.9 Å². The van der Waals surface area contributed by atoms with E-state index in [-0.39, 0.29) is 17.2 Å². The number of hydrogen-bond donors (Lipinski definition) is 2. The molecule has 40 heavy (non-hydrogen) atoms. The predicted molar refractivity (Wildman–Crippen MR) is 158 cm³/mol. The first-order chi connectivity index (χ1) is 19.3. The van der Waals surface area contributed by atoms with Crippen LogP contribution in [0.1, 0.15) is 32.1 Å². The Balaban J connectivity index is 1.42. The SMILES string of the molecule is Cc1ccc2c(-c3ccc(F)cc3)cc(C(=O)Nc3ccc4c(-c5cscc5C)cc(C(N)=O)nc4c3)nc2c1. The van der Waals surface area contributed by atoms with Gasteiger partial charge in [0, 0.05) is 16.5 Å². The standard InChI is InChI=1S/C32H23FN4O2S/c1-17-3-9-22-24(19-4-6-20(33)7-5-19)13-30(37-27(22)11-17)32(39)35-21-8-10-23-25(26-16-40-15-18(26)2)14-29(31(34)38)36-28(23)12-21/h3-16H,1-2H3,(H2,34,38)(H,35,39). The first kappa shape index (κ1) is 25.3. The number of nitrogens with one attached hydrogen (secondary N) is 1. The van der Waals surface area contributed by atoms with Crippen molar-refractivity contribution >= 4 is 50.6 Å². The van der Waals surface area contributed by atoms with Gasteiger partial charge >= 0.3 is 0 Å². The highest BCUT2D eigenvalue weighted by molar-refractivity contribution is 7.08. The summed E-state index contributed by atoms with van der Waals surface area (Å²) in [6.45, 7) is 3.97. The molecule has 0 bridgehead atoms. The van der Waals surface area contributed by atoms with E-state index in [2.05, 4.69) is 15.3 Å². The van der Waals surface area contributed by atoms with Gasteiger partial charge in [-0.3, -0.25) is 9.59 Å². The number of carbonyl (C=O) groups is 2. The highest BCUT2D eigenvalue weighted by Crippen LogP contribution is 2.34.